The van der Waals surface area contributed by atoms with Gasteiger partial charge in [-0.1, -0.05) is 30.3 Å². The SMILES string of the molecule is CCN(CC)c1cc(N(CC)Cc2ccccc2)ncn1. The molecular formula is C17H24N4. The van der Waals surface area contributed by atoms with Crippen LogP contribution in [0.5, 0.6) is 0 Å². The molecule has 4 heteroatoms. The zero-order valence-corrected chi connectivity index (χ0v) is 13.2. The van der Waals surface area contributed by atoms with Crippen LogP contribution in [0.1, 0.15) is 26.3 Å². The van der Waals surface area contributed by atoms with Crippen molar-refractivity contribution in [1.29, 1.82) is 0 Å². The zero-order valence-electron chi connectivity index (χ0n) is 13.2. The molecule has 4 nitrogen and oxygen atoms in total. The van der Waals surface area contributed by atoms with Crippen LogP contribution in [0.4, 0.5) is 11.6 Å². The van der Waals surface area contributed by atoms with Gasteiger partial charge in [0.1, 0.15) is 18.0 Å². The van der Waals surface area contributed by atoms with Gasteiger partial charge >= 0.3 is 0 Å². The van der Waals surface area contributed by atoms with E-state index in [9.17, 15) is 0 Å². The third-order valence-corrected chi connectivity index (χ3v) is 3.65. The molecule has 0 amide bonds. The number of nitrogens with zero attached hydrogens (tertiary/aromatic N) is 4. The van der Waals surface area contributed by atoms with Gasteiger partial charge in [0.25, 0.3) is 0 Å². The summed E-state index contributed by atoms with van der Waals surface area (Å²) in [5.74, 6) is 1.98. The predicted octanol–water partition coefficient (Wildman–Crippen LogP) is 3.35. The Morgan fingerprint density at radius 2 is 1.38 bits per heavy atom. The van der Waals surface area contributed by atoms with E-state index in [-0.39, 0.29) is 0 Å². The number of hydrogen-bond donors (Lipinski definition) is 0. The highest BCUT2D eigenvalue weighted by molar-refractivity contribution is 5.50. The molecule has 0 saturated carbocycles. The minimum Gasteiger partial charge on any atom is -0.357 e. The van der Waals surface area contributed by atoms with Gasteiger partial charge in [0, 0.05) is 32.2 Å². The summed E-state index contributed by atoms with van der Waals surface area (Å²) < 4.78 is 0. The van der Waals surface area contributed by atoms with Crippen LogP contribution >= 0.6 is 0 Å². The lowest BCUT2D eigenvalue weighted by atomic mass is 10.2. The first-order valence-electron chi connectivity index (χ1n) is 7.64. The Kier molecular flexibility index (Phi) is 5.55. The summed E-state index contributed by atoms with van der Waals surface area (Å²) >= 11 is 0. The highest BCUT2D eigenvalue weighted by atomic mass is 15.2. The van der Waals surface area contributed by atoms with E-state index >= 15 is 0 Å². The fourth-order valence-electron chi connectivity index (χ4n) is 2.39. The van der Waals surface area contributed by atoms with Gasteiger partial charge in [0.15, 0.2) is 0 Å². The van der Waals surface area contributed by atoms with Crippen molar-refractivity contribution in [2.45, 2.75) is 27.3 Å². The van der Waals surface area contributed by atoms with Gasteiger partial charge in [-0.2, -0.15) is 0 Å². The summed E-state index contributed by atoms with van der Waals surface area (Å²) in [5, 5.41) is 0. The average Bonchev–Trinajstić information content (AvgIpc) is 2.55. The molecule has 112 valence electrons. The van der Waals surface area contributed by atoms with Crippen LogP contribution in [0.15, 0.2) is 42.7 Å². The fourth-order valence-corrected chi connectivity index (χ4v) is 2.39. The second-order valence-electron chi connectivity index (χ2n) is 4.91. The Hall–Kier alpha value is -2.10. The minimum atomic E-state index is 0.867. The highest BCUT2D eigenvalue weighted by Crippen LogP contribution is 2.19. The maximum Gasteiger partial charge on any atom is 0.134 e. The van der Waals surface area contributed by atoms with E-state index in [1.54, 1.807) is 6.33 Å². The molecule has 1 aromatic heterocycles. The van der Waals surface area contributed by atoms with Gasteiger partial charge in [-0.05, 0) is 26.3 Å². The topological polar surface area (TPSA) is 32.3 Å². The Bertz CT molecular complexity index is 537. The van der Waals surface area contributed by atoms with Crippen LogP contribution in [0.3, 0.4) is 0 Å². The molecule has 0 N–H and O–H groups in total. The van der Waals surface area contributed by atoms with Gasteiger partial charge in [-0.15, -0.1) is 0 Å². The van der Waals surface area contributed by atoms with Gasteiger partial charge in [-0.25, -0.2) is 9.97 Å². The molecule has 0 bridgehead atoms. The largest absolute Gasteiger partial charge is 0.357 e. The molecule has 0 spiro atoms. The Morgan fingerprint density at radius 3 is 1.95 bits per heavy atom. The van der Waals surface area contributed by atoms with E-state index in [2.05, 4.69) is 70.9 Å². The van der Waals surface area contributed by atoms with E-state index in [0.29, 0.717) is 0 Å². The second kappa shape index (κ2) is 7.62. The molecule has 0 fully saturated rings. The normalized spacial score (nSPS) is 10.4. The van der Waals surface area contributed by atoms with E-state index in [1.165, 1.54) is 5.56 Å². The summed E-state index contributed by atoms with van der Waals surface area (Å²) in [4.78, 5) is 13.3. The smallest absolute Gasteiger partial charge is 0.134 e. The second-order valence-corrected chi connectivity index (χ2v) is 4.91. The molecular weight excluding hydrogens is 260 g/mol. The Balaban J connectivity index is 2.20. The molecule has 2 rings (SSSR count). The molecule has 0 saturated heterocycles. The first-order valence-corrected chi connectivity index (χ1v) is 7.64. The molecule has 0 atom stereocenters. The van der Waals surface area contributed by atoms with Crippen LogP contribution < -0.4 is 9.80 Å². The molecule has 0 aliphatic heterocycles. The number of benzene rings is 1. The molecule has 1 aromatic carbocycles. The Labute approximate surface area is 127 Å². The van der Waals surface area contributed by atoms with Crippen molar-refractivity contribution >= 4 is 11.6 Å². The van der Waals surface area contributed by atoms with Crippen molar-refractivity contribution < 1.29 is 0 Å². The first-order chi connectivity index (χ1) is 10.3. The summed E-state index contributed by atoms with van der Waals surface area (Å²) in [6.07, 6.45) is 1.66. The summed E-state index contributed by atoms with van der Waals surface area (Å²) in [7, 11) is 0. The summed E-state index contributed by atoms with van der Waals surface area (Å²) in [5.41, 5.74) is 1.29. The van der Waals surface area contributed by atoms with Crippen molar-refractivity contribution in [1.82, 2.24) is 9.97 Å². The zero-order chi connectivity index (χ0) is 15.1. The third kappa shape index (κ3) is 3.94. The maximum absolute atomic E-state index is 4.45. The lowest BCUT2D eigenvalue weighted by molar-refractivity contribution is 0.799. The first kappa shape index (κ1) is 15.3. The number of hydrogen-bond acceptors (Lipinski definition) is 4. The van der Waals surface area contributed by atoms with Crippen LogP contribution in [0.25, 0.3) is 0 Å². The average molecular weight is 284 g/mol. The monoisotopic (exact) mass is 284 g/mol. The fraction of sp³-hybridized carbons (Fsp3) is 0.412. The minimum absolute atomic E-state index is 0.867. The number of aromatic nitrogens is 2. The third-order valence-electron chi connectivity index (χ3n) is 3.65. The molecule has 0 aliphatic rings. The van der Waals surface area contributed by atoms with E-state index in [0.717, 1.165) is 37.8 Å². The molecule has 21 heavy (non-hydrogen) atoms. The van der Waals surface area contributed by atoms with E-state index in [1.807, 2.05) is 6.07 Å². The van der Waals surface area contributed by atoms with Crippen LogP contribution in [-0.4, -0.2) is 29.6 Å². The van der Waals surface area contributed by atoms with E-state index < -0.39 is 0 Å². The lowest BCUT2D eigenvalue weighted by Crippen LogP contribution is -2.26. The maximum atomic E-state index is 4.45. The van der Waals surface area contributed by atoms with Crippen molar-refractivity contribution in [2.75, 3.05) is 29.4 Å². The highest BCUT2D eigenvalue weighted by Gasteiger charge is 2.10. The molecule has 2 aromatic rings. The molecule has 1 heterocycles. The summed E-state index contributed by atoms with van der Waals surface area (Å²) in [6, 6.07) is 12.6. The predicted molar refractivity (Wildman–Crippen MR) is 88.8 cm³/mol. The summed E-state index contributed by atoms with van der Waals surface area (Å²) in [6.45, 7) is 10.1. The molecule has 0 radical (unpaired) electrons. The number of anilines is 2. The van der Waals surface area contributed by atoms with Crippen LogP contribution in [0.2, 0.25) is 0 Å². The molecule has 0 unspecified atom stereocenters. The molecule has 0 aliphatic carbocycles. The number of rotatable bonds is 7. The standard InChI is InChI=1S/C17H24N4/c1-4-20(5-2)16-12-17(19-14-18-16)21(6-3)13-15-10-8-7-9-11-15/h7-12,14H,4-6,13H2,1-3H3. The Morgan fingerprint density at radius 1 is 0.810 bits per heavy atom. The van der Waals surface area contributed by atoms with Crippen LogP contribution in [-0.2, 0) is 6.54 Å². The van der Waals surface area contributed by atoms with Crippen molar-refractivity contribution in [2.24, 2.45) is 0 Å². The quantitative estimate of drug-likeness (QED) is 0.780. The van der Waals surface area contributed by atoms with Crippen LogP contribution in [0, 0.1) is 0 Å². The van der Waals surface area contributed by atoms with Gasteiger partial charge in [0.2, 0.25) is 0 Å². The van der Waals surface area contributed by atoms with Gasteiger partial charge in [-0.3, -0.25) is 0 Å². The van der Waals surface area contributed by atoms with Crippen molar-refractivity contribution in [3.63, 3.8) is 0 Å². The lowest BCUT2D eigenvalue weighted by Gasteiger charge is -2.25. The van der Waals surface area contributed by atoms with Gasteiger partial charge in [0.05, 0.1) is 0 Å². The van der Waals surface area contributed by atoms with E-state index in [4.69, 9.17) is 0 Å². The van der Waals surface area contributed by atoms with Gasteiger partial charge < -0.3 is 9.80 Å². The van der Waals surface area contributed by atoms with Crippen molar-refractivity contribution in [3.8, 4) is 0 Å². The van der Waals surface area contributed by atoms with Crippen molar-refractivity contribution in [3.05, 3.63) is 48.3 Å².